The van der Waals surface area contributed by atoms with Crippen LogP contribution in [-0.4, -0.2) is 57.5 Å². The molecule has 6 atom stereocenters. The number of allylic oxidation sites excluding steroid dienone is 2. The SMILES string of the molecule is COc1cc(C2C3=CCC4C(=O)N(c5ccc(I)cc5)C(=O)C4C3CC3(Cl)C(=O)N(C)C(=O)C23Cl)cc(I)c1O. The second kappa shape index (κ2) is 9.56. The molecule has 40 heavy (non-hydrogen) atoms. The zero-order valence-electron chi connectivity index (χ0n) is 21.2. The molecule has 6 unspecified atom stereocenters. The average Bonchev–Trinajstić information content (AvgIpc) is 3.25. The molecular weight excluding hydrogens is 785 g/mol. The maximum absolute atomic E-state index is 14.0. The van der Waals surface area contributed by atoms with Crippen molar-refractivity contribution in [3.8, 4) is 11.5 Å². The van der Waals surface area contributed by atoms with Crippen molar-refractivity contribution in [2.45, 2.75) is 28.5 Å². The molecule has 3 fully saturated rings. The van der Waals surface area contributed by atoms with E-state index >= 15 is 0 Å². The van der Waals surface area contributed by atoms with Crippen molar-refractivity contribution in [3.63, 3.8) is 0 Å². The molecule has 2 aromatic rings. The maximum Gasteiger partial charge on any atom is 0.253 e. The maximum atomic E-state index is 14.0. The molecule has 2 aliphatic carbocycles. The van der Waals surface area contributed by atoms with E-state index in [1.54, 1.807) is 24.3 Å². The van der Waals surface area contributed by atoms with Gasteiger partial charge in [0.25, 0.3) is 11.8 Å². The van der Waals surface area contributed by atoms with E-state index in [-0.39, 0.29) is 36.2 Å². The van der Waals surface area contributed by atoms with Crippen molar-refractivity contribution < 1.29 is 29.0 Å². The van der Waals surface area contributed by atoms with Gasteiger partial charge in [0.2, 0.25) is 11.8 Å². The van der Waals surface area contributed by atoms with Crippen molar-refractivity contribution in [3.05, 3.63) is 60.8 Å². The van der Waals surface area contributed by atoms with E-state index in [4.69, 9.17) is 27.9 Å². The van der Waals surface area contributed by atoms with Crippen molar-refractivity contribution in [2.24, 2.45) is 17.8 Å². The Hall–Kier alpha value is -1.90. The van der Waals surface area contributed by atoms with E-state index in [0.717, 1.165) is 8.47 Å². The molecule has 208 valence electrons. The van der Waals surface area contributed by atoms with Crippen LogP contribution in [0.1, 0.15) is 24.3 Å². The largest absolute Gasteiger partial charge is 0.504 e. The van der Waals surface area contributed by atoms with Gasteiger partial charge in [0.1, 0.15) is 0 Å². The number of carbonyl (C=O) groups excluding carboxylic acids is 4. The number of likely N-dealkylation sites (tertiary alicyclic amines) is 1. The van der Waals surface area contributed by atoms with Crippen LogP contribution in [0.25, 0.3) is 0 Å². The summed E-state index contributed by atoms with van der Waals surface area (Å²) in [5.41, 5.74) is 1.67. The number of alkyl halides is 2. The van der Waals surface area contributed by atoms with E-state index < -0.39 is 45.2 Å². The van der Waals surface area contributed by atoms with Gasteiger partial charge in [0.05, 0.1) is 28.2 Å². The number of phenolic OH excluding ortho intramolecular Hbond substituents is 1. The highest BCUT2D eigenvalue weighted by Gasteiger charge is 2.76. The Labute approximate surface area is 267 Å². The van der Waals surface area contributed by atoms with Gasteiger partial charge in [-0.3, -0.25) is 29.0 Å². The summed E-state index contributed by atoms with van der Waals surface area (Å²) in [5, 5.41) is 10.5. The van der Waals surface area contributed by atoms with Crippen LogP contribution in [0.5, 0.6) is 11.5 Å². The zero-order chi connectivity index (χ0) is 28.9. The van der Waals surface area contributed by atoms with Crippen molar-refractivity contribution in [1.82, 2.24) is 4.90 Å². The molecule has 0 radical (unpaired) electrons. The molecule has 6 rings (SSSR count). The number of carbonyl (C=O) groups is 4. The van der Waals surface area contributed by atoms with Crippen LogP contribution in [0.3, 0.4) is 0 Å². The zero-order valence-corrected chi connectivity index (χ0v) is 27.0. The summed E-state index contributed by atoms with van der Waals surface area (Å²) < 4.78 is 6.80. The third-order valence-corrected chi connectivity index (χ3v) is 11.7. The van der Waals surface area contributed by atoms with Crippen LogP contribution in [0, 0.1) is 24.9 Å². The minimum absolute atomic E-state index is 0.0756. The molecule has 12 heteroatoms. The molecule has 1 saturated carbocycles. The first-order chi connectivity index (χ1) is 18.9. The van der Waals surface area contributed by atoms with E-state index in [1.165, 1.54) is 19.1 Å². The average molecular weight is 807 g/mol. The molecule has 1 N–H and O–H groups in total. The quantitative estimate of drug-likeness (QED) is 0.207. The summed E-state index contributed by atoms with van der Waals surface area (Å²) in [5.74, 6) is -4.83. The normalized spacial score (nSPS) is 33.1. The van der Waals surface area contributed by atoms with E-state index in [9.17, 15) is 24.3 Å². The lowest BCUT2D eigenvalue weighted by atomic mass is 9.56. The fraction of sp³-hybridized carbons (Fsp3) is 0.357. The summed E-state index contributed by atoms with van der Waals surface area (Å²) in [7, 11) is 2.75. The van der Waals surface area contributed by atoms with Gasteiger partial charge in [-0.15, -0.1) is 23.2 Å². The Morgan fingerprint density at radius 3 is 2.33 bits per heavy atom. The van der Waals surface area contributed by atoms with Gasteiger partial charge < -0.3 is 9.84 Å². The third-order valence-electron chi connectivity index (χ3n) is 8.70. The first-order valence-electron chi connectivity index (χ1n) is 12.5. The lowest BCUT2D eigenvalue weighted by Gasteiger charge is -2.50. The number of amides is 4. The second-order valence-electron chi connectivity index (χ2n) is 10.5. The minimum Gasteiger partial charge on any atom is -0.504 e. The summed E-state index contributed by atoms with van der Waals surface area (Å²) >= 11 is 18.5. The van der Waals surface area contributed by atoms with E-state index in [2.05, 4.69) is 22.6 Å². The van der Waals surface area contributed by atoms with Gasteiger partial charge in [-0.05, 0) is 106 Å². The number of methoxy groups -OCH3 is 1. The molecule has 2 aliphatic heterocycles. The summed E-state index contributed by atoms with van der Waals surface area (Å²) in [6.07, 6.45) is 2.06. The molecule has 4 aliphatic rings. The van der Waals surface area contributed by atoms with Gasteiger partial charge in [0.15, 0.2) is 21.2 Å². The number of ether oxygens (including phenoxy) is 1. The Kier molecular flexibility index (Phi) is 6.75. The highest BCUT2D eigenvalue weighted by molar-refractivity contribution is 14.1. The van der Waals surface area contributed by atoms with Crippen LogP contribution < -0.4 is 9.64 Å². The van der Waals surface area contributed by atoms with Crippen molar-refractivity contribution in [2.75, 3.05) is 19.1 Å². The standard InChI is InChI=1S/C28H22Cl2I2N2O6/c1-33-25(38)27(29)11-17-15(21(28(27,30)26(33)39)12-9-18(32)22(35)19(10-12)40-2)7-8-16-20(17)24(37)34(23(16)36)14-5-3-13(31)4-6-14/h3-7,9-10,16-17,20-21,35H,8,11H2,1-2H3. The number of imide groups is 2. The van der Waals surface area contributed by atoms with Crippen molar-refractivity contribution >= 4 is 97.7 Å². The van der Waals surface area contributed by atoms with Gasteiger partial charge in [-0.1, -0.05) is 11.6 Å². The summed E-state index contributed by atoms with van der Waals surface area (Å²) in [4.78, 5) is 53.3. The number of hydrogen-bond donors (Lipinski definition) is 1. The predicted octanol–water partition coefficient (Wildman–Crippen LogP) is 4.80. The molecule has 2 saturated heterocycles. The predicted molar refractivity (Wildman–Crippen MR) is 165 cm³/mol. The lowest BCUT2D eigenvalue weighted by Crippen LogP contribution is -2.60. The molecule has 0 spiro atoms. The fourth-order valence-electron chi connectivity index (χ4n) is 6.88. The van der Waals surface area contributed by atoms with E-state index in [0.29, 0.717) is 20.4 Å². The third kappa shape index (κ3) is 3.60. The number of aromatic hydroxyl groups is 1. The second-order valence-corrected chi connectivity index (χ2v) is 14.2. The Balaban J connectivity index is 1.53. The Morgan fingerprint density at radius 1 is 1.00 bits per heavy atom. The number of halogens is 4. The van der Waals surface area contributed by atoms with E-state index in [1.807, 2.05) is 40.8 Å². The smallest absolute Gasteiger partial charge is 0.253 e. The van der Waals surface area contributed by atoms with Crippen LogP contribution in [0.2, 0.25) is 0 Å². The van der Waals surface area contributed by atoms with Crippen LogP contribution in [0.4, 0.5) is 5.69 Å². The first-order valence-corrected chi connectivity index (χ1v) is 15.4. The van der Waals surface area contributed by atoms with Gasteiger partial charge in [-0.25, -0.2) is 0 Å². The molecule has 2 aromatic carbocycles. The van der Waals surface area contributed by atoms with Gasteiger partial charge >= 0.3 is 0 Å². The molecular formula is C28H22Cl2I2N2O6. The van der Waals surface area contributed by atoms with Crippen LogP contribution in [-0.2, 0) is 19.2 Å². The monoisotopic (exact) mass is 806 g/mol. The highest BCUT2D eigenvalue weighted by atomic mass is 127. The number of rotatable bonds is 3. The number of nitrogens with zero attached hydrogens (tertiary/aromatic N) is 2. The molecule has 0 aromatic heterocycles. The van der Waals surface area contributed by atoms with Crippen molar-refractivity contribution in [1.29, 1.82) is 0 Å². The number of fused-ring (bicyclic) bond motifs is 4. The summed E-state index contributed by atoms with van der Waals surface area (Å²) in [6, 6.07) is 10.4. The minimum atomic E-state index is -1.90. The number of hydrogen-bond acceptors (Lipinski definition) is 6. The highest BCUT2D eigenvalue weighted by Crippen LogP contribution is 2.65. The molecule has 0 bridgehead atoms. The number of phenols is 1. The number of anilines is 1. The first kappa shape index (κ1) is 28.2. The van der Waals surface area contributed by atoms with Crippen LogP contribution >= 0.6 is 68.4 Å². The molecule has 2 heterocycles. The lowest BCUT2D eigenvalue weighted by molar-refractivity contribution is -0.138. The van der Waals surface area contributed by atoms with Gasteiger partial charge in [0, 0.05) is 16.5 Å². The fourth-order valence-corrected chi connectivity index (χ4v) is 8.88. The topological polar surface area (TPSA) is 104 Å². The Morgan fingerprint density at radius 2 is 1.68 bits per heavy atom. The van der Waals surface area contributed by atoms with Crippen LogP contribution in [0.15, 0.2) is 48.0 Å². The number of benzene rings is 2. The van der Waals surface area contributed by atoms with Gasteiger partial charge in [-0.2, -0.15) is 0 Å². The Bertz CT molecular complexity index is 1550. The molecule has 8 nitrogen and oxygen atoms in total. The molecule has 4 amide bonds. The summed E-state index contributed by atoms with van der Waals surface area (Å²) in [6.45, 7) is 0.